The standard InChI is InChI=1S/C33H40O6/c1-9-22-32(7)23(34)14-15-31(6)26(32)25(39-29(31)36)27-33(22,8)24-17(2)20(16-21(24)38-27)18-10-12-19(13-11-18)37-28(35)30(3,4)5/h10-15,20-22,25-27H,9,16H2,1-8H3/t20-,21-,22-,25-,26+,27-,31-,32+,33-/m1/s1. The van der Waals surface area contributed by atoms with Gasteiger partial charge in [0.05, 0.1) is 16.9 Å². The molecular weight excluding hydrogens is 492 g/mol. The molecule has 0 amide bonds. The van der Waals surface area contributed by atoms with Crippen molar-refractivity contribution in [2.45, 2.75) is 92.5 Å². The number of fused-ring (bicyclic) bond motifs is 4. The fourth-order valence-corrected chi connectivity index (χ4v) is 9.14. The molecule has 0 bridgehead atoms. The lowest BCUT2D eigenvalue weighted by atomic mass is 9.42. The van der Waals surface area contributed by atoms with Gasteiger partial charge in [0.25, 0.3) is 0 Å². The molecule has 6 nitrogen and oxygen atoms in total. The van der Waals surface area contributed by atoms with Gasteiger partial charge in [0.1, 0.15) is 18.0 Å². The second-order valence-corrected chi connectivity index (χ2v) is 14.0. The molecular formula is C33H40O6. The van der Waals surface area contributed by atoms with Crippen molar-refractivity contribution in [1.82, 2.24) is 0 Å². The van der Waals surface area contributed by atoms with Crippen LogP contribution in [0.4, 0.5) is 0 Å². The van der Waals surface area contributed by atoms with E-state index >= 15 is 0 Å². The Balaban J connectivity index is 1.39. The largest absolute Gasteiger partial charge is 0.459 e. The van der Waals surface area contributed by atoms with E-state index in [1.54, 1.807) is 12.2 Å². The molecule has 3 aliphatic carbocycles. The number of ether oxygens (including phenoxy) is 3. The lowest BCUT2D eigenvalue weighted by Crippen LogP contribution is -2.65. The van der Waals surface area contributed by atoms with Crippen LogP contribution in [0.5, 0.6) is 5.75 Å². The summed E-state index contributed by atoms with van der Waals surface area (Å²) in [5, 5.41) is 0. The smallest absolute Gasteiger partial charge is 0.316 e. The summed E-state index contributed by atoms with van der Waals surface area (Å²) >= 11 is 0. The fraction of sp³-hybridized carbons (Fsp3) is 0.606. The molecule has 6 rings (SSSR count). The van der Waals surface area contributed by atoms with Gasteiger partial charge in [-0.3, -0.25) is 14.4 Å². The Morgan fingerprint density at radius 3 is 2.36 bits per heavy atom. The molecule has 0 aromatic heterocycles. The quantitative estimate of drug-likeness (QED) is 0.272. The SMILES string of the molecule is CC[C@H]1[C@]2(C)C3=C(C)[C@H](c4ccc(OC(=O)C(C)(C)C)cc4)C[C@H]3O[C@@H]2[C@@H]2OC(=O)[C@]3(C)C=CC(=O)[C@@]1(C)[C@@H]23. The average molecular weight is 533 g/mol. The van der Waals surface area contributed by atoms with E-state index in [0.717, 1.165) is 18.4 Å². The Morgan fingerprint density at radius 2 is 1.74 bits per heavy atom. The van der Waals surface area contributed by atoms with Crippen molar-refractivity contribution < 1.29 is 28.6 Å². The van der Waals surface area contributed by atoms with Crippen molar-refractivity contribution in [3.8, 4) is 5.75 Å². The summed E-state index contributed by atoms with van der Waals surface area (Å²) in [6, 6.07) is 7.80. The van der Waals surface area contributed by atoms with E-state index in [1.807, 2.05) is 52.0 Å². The van der Waals surface area contributed by atoms with Gasteiger partial charge in [0, 0.05) is 22.7 Å². The van der Waals surface area contributed by atoms with Gasteiger partial charge < -0.3 is 14.2 Å². The lowest BCUT2D eigenvalue weighted by Gasteiger charge is -2.59. The van der Waals surface area contributed by atoms with Gasteiger partial charge >= 0.3 is 11.9 Å². The van der Waals surface area contributed by atoms with Crippen LogP contribution in [0.25, 0.3) is 0 Å². The number of ketones is 1. The van der Waals surface area contributed by atoms with Crippen molar-refractivity contribution in [3.63, 3.8) is 0 Å². The summed E-state index contributed by atoms with van der Waals surface area (Å²) in [6.45, 7) is 16.1. The first-order valence-electron chi connectivity index (χ1n) is 14.3. The molecule has 208 valence electrons. The summed E-state index contributed by atoms with van der Waals surface area (Å²) in [5.41, 5.74) is 1.17. The molecule has 39 heavy (non-hydrogen) atoms. The van der Waals surface area contributed by atoms with Crippen LogP contribution in [0.2, 0.25) is 0 Å². The number of esters is 2. The van der Waals surface area contributed by atoms with Crippen LogP contribution in [-0.4, -0.2) is 36.0 Å². The first-order valence-corrected chi connectivity index (χ1v) is 14.3. The van der Waals surface area contributed by atoms with Gasteiger partial charge in [-0.05, 0) is 76.3 Å². The van der Waals surface area contributed by atoms with E-state index in [1.165, 1.54) is 11.1 Å². The highest BCUT2D eigenvalue weighted by Crippen LogP contribution is 2.71. The minimum Gasteiger partial charge on any atom is -0.459 e. The summed E-state index contributed by atoms with van der Waals surface area (Å²) < 4.78 is 18.6. The monoisotopic (exact) mass is 532 g/mol. The number of hydrogen-bond acceptors (Lipinski definition) is 6. The molecule has 2 saturated heterocycles. The highest BCUT2D eigenvalue weighted by Gasteiger charge is 2.77. The maximum atomic E-state index is 13.7. The first-order chi connectivity index (χ1) is 18.2. The minimum absolute atomic E-state index is 0.00964. The van der Waals surface area contributed by atoms with Crippen LogP contribution < -0.4 is 4.74 Å². The zero-order valence-electron chi connectivity index (χ0n) is 24.3. The zero-order chi connectivity index (χ0) is 28.3. The van der Waals surface area contributed by atoms with Crippen LogP contribution in [0.1, 0.15) is 79.7 Å². The Kier molecular flexibility index (Phi) is 5.54. The summed E-state index contributed by atoms with van der Waals surface area (Å²) in [7, 11) is 0. The molecule has 1 aromatic carbocycles. The first kappa shape index (κ1) is 26.5. The Bertz CT molecular complexity index is 1330. The summed E-state index contributed by atoms with van der Waals surface area (Å²) in [5.74, 6) is 0.0582. The van der Waals surface area contributed by atoms with E-state index in [9.17, 15) is 14.4 Å². The van der Waals surface area contributed by atoms with Gasteiger partial charge in [-0.15, -0.1) is 0 Å². The van der Waals surface area contributed by atoms with Crippen molar-refractivity contribution in [1.29, 1.82) is 0 Å². The Labute approximate surface area is 231 Å². The second kappa shape index (κ2) is 8.15. The van der Waals surface area contributed by atoms with Crippen molar-refractivity contribution in [2.75, 3.05) is 0 Å². The molecule has 2 aliphatic heterocycles. The van der Waals surface area contributed by atoms with Crippen molar-refractivity contribution in [3.05, 3.63) is 53.1 Å². The maximum absolute atomic E-state index is 13.7. The molecule has 5 aliphatic rings. The summed E-state index contributed by atoms with van der Waals surface area (Å²) in [4.78, 5) is 39.3. The molecule has 3 fully saturated rings. The van der Waals surface area contributed by atoms with Gasteiger partial charge in [-0.1, -0.05) is 51.0 Å². The number of benzene rings is 1. The van der Waals surface area contributed by atoms with Crippen LogP contribution in [-0.2, 0) is 23.9 Å². The van der Waals surface area contributed by atoms with Gasteiger partial charge in [0.15, 0.2) is 5.78 Å². The van der Waals surface area contributed by atoms with Gasteiger partial charge in [0.2, 0.25) is 0 Å². The predicted molar refractivity (Wildman–Crippen MR) is 146 cm³/mol. The molecule has 6 heteroatoms. The van der Waals surface area contributed by atoms with Crippen molar-refractivity contribution in [2.24, 2.45) is 33.5 Å². The third kappa shape index (κ3) is 3.27. The lowest BCUT2D eigenvalue weighted by molar-refractivity contribution is -0.186. The van der Waals surface area contributed by atoms with Crippen LogP contribution in [0, 0.1) is 33.5 Å². The molecule has 0 unspecified atom stereocenters. The maximum Gasteiger partial charge on any atom is 0.316 e. The molecule has 0 N–H and O–H groups in total. The van der Waals surface area contributed by atoms with Gasteiger partial charge in [-0.25, -0.2) is 0 Å². The fourth-order valence-electron chi connectivity index (χ4n) is 9.14. The number of rotatable bonds is 3. The van der Waals surface area contributed by atoms with E-state index in [-0.39, 0.29) is 47.7 Å². The number of allylic oxidation sites excluding steroid dienone is 2. The molecule has 0 spiro atoms. The van der Waals surface area contributed by atoms with Crippen LogP contribution >= 0.6 is 0 Å². The molecule has 2 heterocycles. The molecule has 9 atom stereocenters. The number of hydrogen-bond donors (Lipinski definition) is 0. The van der Waals surface area contributed by atoms with Crippen LogP contribution in [0.3, 0.4) is 0 Å². The summed E-state index contributed by atoms with van der Waals surface area (Å²) in [6.07, 6.45) is 4.20. The van der Waals surface area contributed by atoms with E-state index in [2.05, 4.69) is 27.7 Å². The van der Waals surface area contributed by atoms with E-state index in [0.29, 0.717) is 5.75 Å². The molecule has 0 radical (unpaired) electrons. The van der Waals surface area contributed by atoms with Crippen LogP contribution in [0.15, 0.2) is 47.6 Å². The third-order valence-corrected chi connectivity index (χ3v) is 10.9. The zero-order valence-corrected chi connectivity index (χ0v) is 24.3. The number of carbonyl (C=O) groups excluding carboxylic acids is 3. The van der Waals surface area contributed by atoms with Gasteiger partial charge in [-0.2, -0.15) is 0 Å². The molecule has 1 aromatic rings. The Morgan fingerprint density at radius 1 is 1.08 bits per heavy atom. The second-order valence-electron chi connectivity index (χ2n) is 14.0. The van der Waals surface area contributed by atoms with Crippen molar-refractivity contribution >= 4 is 17.7 Å². The average Bonchev–Trinajstić information content (AvgIpc) is 3.45. The van der Waals surface area contributed by atoms with E-state index in [4.69, 9.17) is 14.2 Å². The highest BCUT2D eigenvalue weighted by atomic mass is 16.6. The Hall–Kier alpha value is -2.73. The number of carbonyl (C=O) groups is 3. The van der Waals surface area contributed by atoms with E-state index < -0.39 is 27.8 Å². The third-order valence-electron chi connectivity index (χ3n) is 10.9. The highest BCUT2D eigenvalue weighted by molar-refractivity contribution is 6.00. The minimum atomic E-state index is -0.812. The topological polar surface area (TPSA) is 78.9 Å². The normalized spacial score (nSPS) is 42.3. The molecule has 1 saturated carbocycles. The predicted octanol–water partition coefficient (Wildman–Crippen LogP) is 5.95.